The second-order valence-electron chi connectivity index (χ2n) is 5.28. The fraction of sp³-hybridized carbons (Fsp3) is 0.333. The predicted molar refractivity (Wildman–Crippen MR) is 89.6 cm³/mol. The average molecular weight is 285 g/mol. The lowest BCUT2D eigenvalue weighted by molar-refractivity contribution is 0.657. The first kappa shape index (κ1) is 15.1. The molecule has 1 nitrogen and oxygen atoms in total. The molecular weight excluding hydrogens is 262 g/mol. The molecule has 1 N–H and O–H groups in total. The van der Waals surface area contributed by atoms with Crippen LogP contribution in [0.1, 0.15) is 28.3 Å². The van der Waals surface area contributed by atoms with Gasteiger partial charge in [-0.3, -0.25) is 0 Å². The van der Waals surface area contributed by atoms with Crippen molar-refractivity contribution < 1.29 is 0 Å². The summed E-state index contributed by atoms with van der Waals surface area (Å²) in [7, 11) is 2.05. The second-order valence-corrected chi connectivity index (χ2v) is 6.34. The molecule has 2 aromatic carbocycles. The van der Waals surface area contributed by atoms with Crippen molar-refractivity contribution in [2.75, 3.05) is 12.8 Å². The first-order valence-corrected chi connectivity index (χ1v) is 8.03. The Bertz CT molecular complexity index is 577. The van der Waals surface area contributed by atoms with Gasteiger partial charge in [-0.25, -0.2) is 0 Å². The largest absolute Gasteiger partial charge is 0.312 e. The van der Waals surface area contributed by atoms with E-state index in [4.69, 9.17) is 0 Å². The van der Waals surface area contributed by atoms with E-state index in [0.29, 0.717) is 6.04 Å². The van der Waals surface area contributed by atoms with Crippen LogP contribution in [0.4, 0.5) is 0 Å². The zero-order chi connectivity index (χ0) is 14.5. The van der Waals surface area contributed by atoms with E-state index in [1.54, 1.807) is 0 Å². The number of hydrogen-bond donors (Lipinski definition) is 1. The first-order valence-electron chi connectivity index (χ1n) is 7.04. The third kappa shape index (κ3) is 3.65. The molecule has 1 unspecified atom stereocenters. The summed E-state index contributed by atoms with van der Waals surface area (Å²) in [5.74, 6) is 1.05. The van der Waals surface area contributed by atoms with Crippen LogP contribution in [-0.2, 0) is 0 Å². The Kier molecular flexibility index (Phi) is 5.27. The Morgan fingerprint density at radius 3 is 2.45 bits per heavy atom. The highest BCUT2D eigenvalue weighted by molar-refractivity contribution is 7.99. The van der Waals surface area contributed by atoms with Gasteiger partial charge in [0.2, 0.25) is 0 Å². The maximum atomic E-state index is 3.46. The Balaban J connectivity index is 2.13. The Labute approximate surface area is 126 Å². The maximum absolute atomic E-state index is 3.46. The molecule has 0 aromatic heterocycles. The van der Waals surface area contributed by atoms with Crippen LogP contribution in [0.25, 0.3) is 0 Å². The van der Waals surface area contributed by atoms with Gasteiger partial charge in [0.05, 0.1) is 0 Å². The topological polar surface area (TPSA) is 12.0 Å². The van der Waals surface area contributed by atoms with E-state index in [0.717, 1.165) is 5.75 Å². The zero-order valence-corrected chi connectivity index (χ0v) is 13.6. The highest BCUT2D eigenvalue weighted by atomic mass is 32.2. The summed E-state index contributed by atoms with van der Waals surface area (Å²) in [5.41, 5.74) is 5.45. The molecule has 2 rings (SSSR count). The molecule has 0 fully saturated rings. The Hall–Kier alpha value is -1.25. The summed E-state index contributed by atoms with van der Waals surface area (Å²) in [6, 6.07) is 15.7. The normalized spacial score (nSPS) is 12.4. The fourth-order valence-electron chi connectivity index (χ4n) is 2.36. The van der Waals surface area contributed by atoms with Gasteiger partial charge >= 0.3 is 0 Å². The van der Waals surface area contributed by atoms with Gasteiger partial charge in [-0.05, 0) is 50.6 Å². The van der Waals surface area contributed by atoms with Gasteiger partial charge in [-0.2, -0.15) is 0 Å². The van der Waals surface area contributed by atoms with Crippen LogP contribution < -0.4 is 5.32 Å². The van der Waals surface area contributed by atoms with Crippen molar-refractivity contribution >= 4 is 11.8 Å². The van der Waals surface area contributed by atoms with E-state index in [1.165, 1.54) is 27.1 Å². The molecule has 0 aliphatic rings. The third-order valence-electron chi connectivity index (χ3n) is 3.66. The molecule has 0 bridgehead atoms. The molecular formula is C18H23NS. The number of benzene rings is 2. The molecule has 2 aromatic rings. The van der Waals surface area contributed by atoms with Crippen molar-refractivity contribution in [3.05, 3.63) is 64.7 Å². The summed E-state index contributed by atoms with van der Waals surface area (Å²) in [6.45, 7) is 6.52. The van der Waals surface area contributed by atoms with E-state index in [1.807, 2.05) is 18.8 Å². The van der Waals surface area contributed by atoms with E-state index >= 15 is 0 Å². The lowest BCUT2D eigenvalue weighted by Crippen LogP contribution is -2.20. The van der Waals surface area contributed by atoms with E-state index < -0.39 is 0 Å². The zero-order valence-electron chi connectivity index (χ0n) is 12.7. The van der Waals surface area contributed by atoms with Crippen molar-refractivity contribution in [1.82, 2.24) is 5.32 Å². The maximum Gasteiger partial charge on any atom is 0.0415 e. The third-order valence-corrected chi connectivity index (χ3v) is 4.93. The lowest BCUT2D eigenvalue weighted by atomic mass is 10.0. The lowest BCUT2D eigenvalue weighted by Gasteiger charge is -2.19. The molecule has 0 radical (unpaired) electrons. The number of hydrogen-bond acceptors (Lipinski definition) is 2. The van der Waals surface area contributed by atoms with Gasteiger partial charge in [-0.15, -0.1) is 11.8 Å². The molecule has 106 valence electrons. The summed E-state index contributed by atoms with van der Waals surface area (Å²) in [5, 5.41) is 3.46. The summed E-state index contributed by atoms with van der Waals surface area (Å²) < 4.78 is 0. The molecule has 20 heavy (non-hydrogen) atoms. The van der Waals surface area contributed by atoms with Crippen LogP contribution in [0.3, 0.4) is 0 Å². The van der Waals surface area contributed by atoms with Crippen molar-refractivity contribution in [2.24, 2.45) is 0 Å². The summed E-state index contributed by atoms with van der Waals surface area (Å²) >= 11 is 1.93. The summed E-state index contributed by atoms with van der Waals surface area (Å²) in [6.07, 6.45) is 0. The van der Waals surface area contributed by atoms with Gasteiger partial charge in [0.15, 0.2) is 0 Å². The molecule has 0 spiro atoms. The predicted octanol–water partition coefficient (Wildman–Crippen LogP) is 4.66. The van der Waals surface area contributed by atoms with Gasteiger partial charge in [-0.1, -0.05) is 42.0 Å². The molecule has 0 aliphatic carbocycles. The van der Waals surface area contributed by atoms with Crippen molar-refractivity contribution in [3.8, 4) is 0 Å². The van der Waals surface area contributed by atoms with E-state index in [9.17, 15) is 0 Å². The van der Waals surface area contributed by atoms with Crippen LogP contribution in [-0.4, -0.2) is 12.8 Å². The molecule has 0 saturated carbocycles. The Morgan fingerprint density at radius 2 is 1.75 bits per heavy atom. The highest BCUT2D eigenvalue weighted by Gasteiger charge is 2.13. The number of thioether (sulfide) groups is 1. The van der Waals surface area contributed by atoms with Crippen LogP contribution in [0.5, 0.6) is 0 Å². The van der Waals surface area contributed by atoms with Crippen molar-refractivity contribution in [3.63, 3.8) is 0 Å². The molecule has 0 saturated heterocycles. The van der Waals surface area contributed by atoms with Crippen molar-refractivity contribution in [1.29, 1.82) is 0 Å². The summed E-state index contributed by atoms with van der Waals surface area (Å²) in [4.78, 5) is 1.37. The van der Waals surface area contributed by atoms with Gasteiger partial charge in [0, 0.05) is 16.7 Å². The monoisotopic (exact) mass is 285 g/mol. The van der Waals surface area contributed by atoms with Crippen LogP contribution in [0, 0.1) is 20.8 Å². The van der Waals surface area contributed by atoms with E-state index in [-0.39, 0.29) is 0 Å². The number of aryl methyl sites for hydroxylation is 3. The quantitative estimate of drug-likeness (QED) is 0.802. The van der Waals surface area contributed by atoms with Crippen LogP contribution in [0.15, 0.2) is 47.4 Å². The highest BCUT2D eigenvalue weighted by Crippen LogP contribution is 2.28. The smallest absolute Gasteiger partial charge is 0.0415 e. The molecule has 1 atom stereocenters. The molecule has 2 heteroatoms. The molecule has 0 aliphatic heterocycles. The van der Waals surface area contributed by atoms with Gasteiger partial charge in [0.25, 0.3) is 0 Å². The number of rotatable bonds is 5. The first-order chi connectivity index (χ1) is 9.61. The molecule has 0 heterocycles. The average Bonchev–Trinajstić information content (AvgIpc) is 2.45. The van der Waals surface area contributed by atoms with E-state index in [2.05, 4.69) is 68.6 Å². The minimum absolute atomic E-state index is 0.388. The standard InChI is InChI=1S/C18H23NS/c1-13-9-10-14(2)16(11-13)17(19-4)12-20-18-8-6-5-7-15(18)3/h5-11,17,19H,12H2,1-4H3. The van der Waals surface area contributed by atoms with Gasteiger partial charge < -0.3 is 5.32 Å². The Morgan fingerprint density at radius 1 is 1.00 bits per heavy atom. The minimum atomic E-state index is 0.388. The SMILES string of the molecule is CNC(CSc1ccccc1C)c1cc(C)ccc1C. The fourth-order valence-corrected chi connectivity index (χ4v) is 3.52. The minimum Gasteiger partial charge on any atom is -0.312 e. The second kappa shape index (κ2) is 6.96. The van der Waals surface area contributed by atoms with Gasteiger partial charge in [0.1, 0.15) is 0 Å². The van der Waals surface area contributed by atoms with Crippen molar-refractivity contribution in [2.45, 2.75) is 31.7 Å². The number of nitrogens with one attached hydrogen (secondary N) is 1. The van der Waals surface area contributed by atoms with Crippen LogP contribution in [0.2, 0.25) is 0 Å². The van der Waals surface area contributed by atoms with Crippen LogP contribution >= 0.6 is 11.8 Å². The molecule has 0 amide bonds.